The Labute approximate surface area is 129 Å². The van der Waals surface area contributed by atoms with Crippen molar-refractivity contribution in [3.63, 3.8) is 0 Å². The van der Waals surface area contributed by atoms with Crippen molar-refractivity contribution >= 4 is 17.4 Å². The number of hydrogen-bond donors (Lipinski definition) is 2. The number of ether oxygens (including phenoxy) is 1. The number of pyridine rings is 1. The average Bonchev–Trinajstić information content (AvgIpc) is 2.85. The lowest BCUT2D eigenvalue weighted by atomic mass is 10.3. The number of carbonyl (C=O) groups is 1. The molecule has 0 bridgehead atoms. The maximum Gasteiger partial charge on any atom is 0.319 e. The van der Waals surface area contributed by atoms with Crippen molar-refractivity contribution in [2.24, 2.45) is 7.05 Å². The number of carbonyl (C=O) groups excluding carboxylic acids is 1. The number of nitrogens with one attached hydrogen (secondary N) is 2. The number of anilines is 2. The Kier molecular flexibility index (Phi) is 4.82. The van der Waals surface area contributed by atoms with Gasteiger partial charge in [0.15, 0.2) is 0 Å². The zero-order chi connectivity index (χ0) is 16.1. The van der Waals surface area contributed by atoms with E-state index < -0.39 is 0 Å². The molecule has 0 radical (unpaired) electrons. The van der Waals surface area contributed by atoms with Crippen LogP contribution in [0.15, 0.2) is 24.5 Å². The van der Waals surface area contributed by atoms with E-state index >= 15 is 0 Å². The Hall–Kier alpha value is -2.77. The Bertz CT molecular complexity index is 653. The van der Waals surface area contributed by atoms with Crippen molar-refractivity contribution in [1.29, 1.82) is 0 Å². The number of nitrogens with zero attached hydrogens (tertiary/aromatic N) is 4. The lowest BCUT2D eigenvalue weighted by Gasteiger charge is -2.13. The van der Waals surface area contributed by atoms with Crippen LogP contribution in [0, 0.1) is 0 Å². The van der Waals surface area contributed by atoms with E-state index in [-0.39, 0.29) is 6.03 Å². The van der Waals surface area contributed by atoms with E-state index in [9.17, 15) is 4.79 Å². The summed E-state index contributed by atoms with van der Waals surface area (Å²) in [5.41, 5.74) is 2.32. The van der Waals surface area contributed by atoms with E-state index in [1.165, 1.54) is 7.11 Å². The van der Waals surface area contributed by atoms with Crippen LogP contribution >= 0.6 is 0 Å². The molecule has 0 spiro atoms. The second-order valence-corrected chi connectivity index (χ2v) is 4.93. The normalized spacial score (nSPS) is 10.2. The summed E-state index contributed by atoms with van der Waals surface area (Å²) in [4.78, 5) is 18.1. The molecule has 0 saturated carbocycles. The van der Waals surface area contributed by atoms with Gasteiger partial charge in [0.1, 0.15) is 5.69 Å². The highest BCUT2D eigenvalue weighted by Crippen LogP contribution is 2.20. The fourth-order valence-corrected chi connectivity index (χ4v) is 1.88. The van der Waals surface area contributed by atoms with Crippen molar-refractivity contribution in [2.45, 2.75) is 6.54 Å². The highest BCUT2D eigenvalue weighted by Gasteiger charge is 2.11. The Morgan fingerprint density at radius 2 is 2.23 bits per heavy atom. The van der Waals surface area contributed by atoms with Crippen molar-refractivity contribution in [3.8, 4) is 5.88 Å². The summed E-state index contributed by atoms with van der Waals surface area (Å²) in [6, 6.07) is 3.48. The summed E-state index contributed by atoms with van der Waals surface area (Å²) in [6.07, 6.45) is 3.39. The topological polar surface area (TPSA) is 84.3 Å². The molecule has 2 amide bonds. The van der Waals surface area contributed by atoms with Crippen molar-refractivity contribution in [3.05, 3.63) is 30.2 Å². The molecule has 2 rings (SSSR count). The van der Waals surface area contributed by atoms with E-state index in [0.717, 1.165) is 11.4 Å². The summed E-state index contributed by atoms with van der Waals surface area (Å²) in [5, 5.41) is 9.51. The van der Waals surface area contributed by atoms with Crippen LogP contribution in [-0.4, -0.2) is 42.0 Å². The molecule has 0 aliphatic carbocycles. The summed E-state index contributed by atoms with van der Waals surface area (Å²) in [5.74, 6) is 0.366. The lowest BCUT2D eigenvalue weighted by Crippen LogP contribution is -2.28. The molecule has 0 atom stereocenters. The van der Waals surface area contributed by atoms with Gasteiger partial charge in [-0.25, -0.2) is 4.79 Å². The van der Waals surface area contributed by atoms with Crippen molar-refractivity contribution in [2.75, 3.05) is 31.4 Å². The number of urea groups is 1. The molecule has 0 aromatic carbocycles. The number of methoxy groups -OCH3 is 1. The largest absolute Gasteiger partial charge is 0.478 e. The molecule has 2 heterocycles. The minimum absolute atomic E-state index is 0.329. The first-order valence-electron chi connectivity index (χ1n) is 6.74. The molecule has 8 nitrogen and oxygen atoms in total. The van der Waals surface area contributed by atoms with Crippen LogP contribution in [0.3, 0.4) is 0 Å². The summed E-state index contributed by atoms with van der Waals surface area (Å²) in [6.45, 7) is 0.329. The number of hydrogen-bond acceptors (Lipinski definition) is 5. The second kappa shape index (κ2) is 6.79. The van der Waals surface area contributed by atoms with Crippen molar-refractivity contribution < 1.29 is 9.53 Å². The number of rotatable bonds is 5. The minimum Gasteiger partial charge on any atom is -0.478 e. The monoisotopic (exact) mass is 304 g/mol. The van der Waals surface area contributed by atoms with E-state index in [1.807, 2.05) is 31.1 Å². The maximum atomic E-state index is 11.9. The minimum atomic E-state index is -0.344. The van der Waals surface area contributed by atoms with Gasteiger partial charge in [-0.3, -0.25) is 9.67 Å². The molecule has 2 aromatic heterocycles. The van der Waals surface area contributed by atoms with Gasteiger partial charge >= 0.3 is 6.03 Å². The Balaban J connectivity index is 1.94. The maximum absolute atomic E-state index is 11.9. The fraction of sp³-hybridized carbons (Fsp3) is 0.357. The SMILES string of the molecule is COc1nn(C)cc1NC(=O)NCc1cc(N(C)C)ccn1. The summed E-state index contributed by atoms with van der Waals surface area (Å²) < 4.78 is 6.65. The van der Waals surface area contributed by atoms with Crippen molar-refractivity contribution in [1.82, 2.24) is 20.1 Å². The molecule has 0 aliphatic heterocycles. The van der Waals surface area contributed by atoms with Gasteiger partial charge in [-0.2, -0.15) is 0 Å². The van der Waals surface area contributed by atoms with Crippen LogP contribution in [0.5, 0.6) is 5.88 Å². The van der Waals surface area contributed by atoms with Gasteiger partial charge < -0.3 is 20.3 Å². The highest BCUT2D eigenvalue weighted by molar-refractivity contribution is 5.90. The van der Waals surface area contributed by atoms with Gasteiger partial charge in [0.2, 0.25) is 0 Å². The predicted molar refractivity (Wildman–Crippen MR) is 84.2 cm³/mol. The van der Waals surface area contributed by atoms with Crippen LogP contribution in [-0.2, 0) is 13.6 Å². The molecule has 0 aliphatic rings. The molecule has 22 heavy (non-hydrogen) atoms. The van der Waals surface area contributed by atoms with E-state index in [1.54, 1.807) is 24.1 Å². The molecule has 8 heteroatoms. The molecular weight excluding hydrogens is 284 g/mol. The first kappa shape index (κ1) is 15.6. The average molecular weight is 304 g/mol. The zero-order valence-corrected chi connectivity index (χ0v) is 13.1. The first-order valence-corrected chi connectivity index (χ1v) is 6.74. The van der Waals surface area contributed by atoms with Crippen LogP contribution < -0.4 is 20.3 Å². The molecular formula is C14H20N6O2. The smallest absolute Gasteiger partial charge is 0.319 e. The van der Waals surface area contributed by atoms with Crippen LogP contribution in [0.4, 0.5) is 16.2 Å². The summed E-state index contributed by atoms with van der Waals surface area (Å²) in [7, 11) is 7.16. The van der Waals surface area contributed by atoms with Gasteiger partial charge in [-0.15, -0.1) is 5.10 Å². The number of aryl methyl sites for hydroxylation is 1. The quantitative estimate of drug-likeness (QED) is 0.867. The van der Waals surface area contributed by atoms with Gasteiger partial charge in [0, 0.05) is 33.0 Å². The molecule has 2 N–H and O–H groups in total. The van der Waals surface area contributed by atoms with Crippen LogP contribution in [0.1, 0.15) is 5.69 Å². The van der Waals surface area contributed by atoms with Gasteiger partial charge in [-0.1, -0.05) is 0 Å². The molecule has 0 unspecified atom stereocenters. The lowest BCUT2D eigenvalue weighted by molar-refractivity contribution is 0.251. The molecule has 0 fully saturated rings. The third kappa shape index (κ3) is 3.87. The Morgan fingerprint density at radius 1 is 1.45 bits per heavy atom. The van der Waals surface area contributed by atoms with E-state index in [2.05, 4.69) is 20.7 Å². The van der Waals surface area contributed by atoms with Crippen LogP contribution in [0.25, 0.3) is 0 Å². The second-order valence-electron chi connectivity index (χ2n) is 4.93. The third-order valence-corrected chi connectivity index (χ3v) is 2.98. The van der Waals surface area contributed by atoms with Gasteiger partial charge in [-0.05, 0) is 12.1 Å². The first-order chi connectivity index (χ1) is 10.5. The van der Waals surface area contributed by atoms with E-state index in [4.69, 9.17) is 4.74 Å². The standard InChI is InChI=1S/C14H20N6O2/c1-19(2)11-5-6-15-10(7-11)8-16-14(21)17-12-9-20(3)18-13(12)22-4/h5-7,9H,8H2,1-4H3,(H2,16,17,21). The van der Waals surface area contributed by atoms with E-state index in [0.29, 0.717) is 18.1 Å². The molecule has 118 valence electrons. The fourth-order valence-electron chi connectivity index (χ4n) is 1.88. The highest BCUT2D eigenvalue weighted by atomic mass is 16.5. The Morgan fingerprint density at radius 3 is 2.91 bits per heavy atom. The number of aromatic nitrogens is 3. The number of amides is 2. The van der Waals surface area contributed by atoms with Crippen LogP contribution in [0.2, 0.25) is 0 Å². The summed E-state index contributed by atoms with van der Waals surface area (Å²) >= 11 is 0. The predicted octanol–water partition coefficient (Wildman–Crippen LogP) is 1.21. The van der Waals surface area contributed by atoms with Gasteiger partial charge in [0.25, 0.3) is 5.88 Å². The molecule has 0 saturated heterocycles. The zero-order valence-electron chi connectivity index (χ0n) is 13.1. The van der Waals surface area contributed by atoms with Gasteiger partial charge in [0.05, 0.1) is 25.5 Å². The molecule has 2 aromatic rings. The third-order valence-electron chi connectivity index (χ3n) is 2.98.